The molecule has 46 heavy (non-hydrogen) atoms. The van der Waals surface area contributed by atoms with Gasteiger partial charge in [-0.25, -0.2) is 0 Å². The Balaban J connectivity index is 4.21. The first-order valence-electron chi connectivity index (χ1n) is 18.4. The summed E-state index contributed by atoms with van der Waals surface area (Å²) in [6.45, 7) is 22.6. The molecule has 0 aliphatic rings. The predicted molar refractivity (Wildman–Crippen MR) is 210 cm³/mol. The third-order valence-electron chi connectivity index (χ3n) is 8.75. The van der Waals surface area contributed by atoms with Gasteiger partial charge >= 0.3 is 0 Å². The van der Waals surface area contributed by atoms with Crippen LogP contribution in [0, 0.1) is 0 Å². The van der Waals surface area contributed by atoms with Crippen LogP contribution in [-0.4, -0.2) is 11.7 Å². The quantitative estimate of drug-likeness (QED) is 0.0995. The van der Waals surface area contributed by atoms with Crippen LogP contribution in [0.5, 0.6) is 0 Å². The zero-order valence-corrected chi connectivity index (χ0v) is 32.2. The summed E-state index contributed by atoms with van der Waals surface area (Å²) < 4.78 is 0. The van der Waals surface area contributed by atoms with E-state index in [-0.39, 0.29) is 6.61 Å². The van der Waals surface area contributed by atoms with Crippen LogP contribution in [0.15, 0.2) is 105 Å². The van der Waals surface area contributed by atoms with E-state index in [0.717, 1.165) is 57.8 Å². The minimum absolute atomic E-state index is 0.150. The monoisotopic (exact) mass is 631 g/mol. The Bertz CT molecular complexity index is 1100. The van der Waals surface area contributed by atoms with E-state index in [1.54, 1.807) is 0 Å². The maximum Gasteiger partial charge on any atom is 0.0614 e. The van der Waals surface area contributed by atoms with Crippen molar-refractivity contribution in [1.82, 2.24) is 0 Å². The minimum atomic E-state index is 0.150. The molecule has 0 rings (SSSR count). The van der Waals surface area contributed by atoms with Crippen molar-refractivity contribution in [2.45, 2.75) is 172 Å². The molecule has 0 saturated heterocycles. The van der Waals surface area contributed by atoms with Crippen LogP contribution >= 0.6 is 0 Å². The molecule has 0 fully saturated rings. The second kappa shape index (κ2) is 28.8. The van der Waals surface area contributed by atoms with Gasteiger partial charge in [-0.2, -0.15) is 0 Å². The van der Waals surface area contributed by atoms with Crippen LogP contribution in [0.2, 0.25) is 0 Å². The maximum atomic E-state index is 8.96. The van der Waals surface area contributed by atoms with Crippen LogP contribution in [0.25, 0.3) is 0 Å². The van der Waals surface area contributed by atoms with Crippen molar-refractivity contribution in [3.8, 4) is 0 Å². The summed E-state index contributed by atoms with van der Waals surface area (Å²) in [6, 6.07) is 0. The Labute approximate surface area is 287 Å². The summed E-state index contributed by atoms with van der Waals surface area (Å²) in [4.78, 5) is 0. The molecular formula is C45H74O. The van der Waals surface area contributed by atoms with E-state index in [0.29, 0.717) is 0 Å². The number of hydrogen-bond donors (Lipinski definition) is 1. The molecule has 0 spiro atoms. The smallest absolute Gasteiger partial charge is 0.0614 e. The first-order valence-corrected chi connectivity index (χ1v) is 18.4. The molecular weight excluding hydrogens is 556 g/mol. The highest BCUT2D eigenvalue weighted by atomic mass is 16.2. The average Bonchev–Trinajstić information content (AvgIpc) is 2.97. The lowest BCUT2D eigenvalue weighted by molar-refractivity contribution is 0.341. The molecule has 1 N–H and O–H groups in total. The van der Waals surface area contributed by atoms with Gasteiger partial charge in [0.25, 0.3) is 0 Å². The SMILES string of the molecule is CC(C)=CCC/C(C)=C/CC/C(C)=C\CC/C(C)=C\CC/C(C)=C\CC/C(C)=C\CC/C(C)=C\CC/C(C)=C\CC/C(C)=C\CO. The molecule has 1 heteroatoms. The molecule has 1 nitrogen and oxygen atoms in total. The molecule has 0 saturated carbocycles. The van der Waals surface area contributed by atoms with Gasteiger partial charge in [0.2, 0.25) is 0 Å². The Morgan fingerprint density at radius 2 is 0.457 bits per heavy atom. The number of aliphatic hydroxyl groups excluding tert-OH is 1. The zero-order chi connectivity index (χ0) is 34.6. The van der Waals surface area contributed by atoms with Gasteiger partial charge < -0.3 is 5.11 Å². The molecule has 0 aliphatic heterocycles. The topological polar surface area (TPSA) is 20.2 Å². The molecule has 0 amide bonds. The Kier molecular flexibility index (Phi) is 27.3. The Morgan fingerprint density at radius 3 is 0.630 bits per heavy atom. The average molecular weight is 631 g/mol. The van der Waals surface area contributed by atoms with Crippen LogP contribution in [-0.2, 0) is 0 Å². The van der Waals surface area contributed by atoms with E-state index in [4.69, 9.17) is 5.11 Å². The lowest BCUT2D eigenvalue weighted by Gasteiger charge is -2.04. The van der Waals surface area contributed by atoms with E-state index >= 15 is 0 Å². The third-order valence-corrected chi connectivity index (χ3v) is 8.75. The summed E-state index contributed by atoms with van der Waals surface area (Å²) in [5.41, 5.74) is 13.3. The van der Waals surface area contributed by atoms with Crippen molar-refractivity contribution in [3.05, 3.63) is 105 Å². The van der Waals surface area contributed by atoms with E-state index < -0.39 is 0 Å². The van der Waals surface area contributed by atoms with Gasteiger partial charge in [0.15, 0.2) is 0 Å². The van der Waals surface area contributed by atoms with Crippen LogP contribution in [0.4, 0.5) is 0 Å². The van der Waals surface area contributed by atoms with E-state index in [2.05, 4.69) is 118 Å². The molecule has 0 aromatic heterocycles. The first-order chi connectivity index (χ1) is 21.9. The van der Waals surface area contributed by atoms with Gasteiger partial charge in [-0.15, -0.1) is 0 Å². The fourth-order valence-corrected chi connectivity index (χ4v) is 5.38. The van der Waals surface area contributed by atoms with Crippen molar-refractivity contribution < 1.29 is 5.11 Å². The fourth-order valence-electron chi connectivity index (χ4n) is 5.38. The van der Waals surface area contributed by atoms with Gasteiger partial charge in [-0.1, -0.05) is 105 Å². The Morgan fingerprint density at radius 1 is 0.283 bits per heavy atom. The molecule has 260 valence electrons. The standard InChI is InChI=1S/C45H74O/c1-37(2)19-11-20-38(3)21-12-22-39(4)23-13-24-40(5)25-14-26-41(6)27-15-28-42(7)29-16-30-43(8)31-17-32-44(9)33-18-34-45(10)35-36-46/h19,21,23,25,27,29,31,33,35,46H,11-18,20,22,24,26,28,30,32,34,36H2,1-10H3/b38-21+,39-23-,40-25-,41-27-,42-29-,43-31-,44-33-,45-35-. The second-order valence-corrected chi connectivity index (χ2v) is 14.2. The number of aliphatic hydroxyl groups is 1. The van der Waals surface area contributed by atoms with Crippen molar-refractivity contribution in [3.63, 3.8) is 0 Å². The van der Waals surface area contributed by atoms with Crippen LogP contribution in [0.1, 0.15) is 172 Å². The zero-order valence-electron chi connectivity index (χ0n) is 32.2. The maximum absolute atomic E-state index is 8.96. The van der Waals surface area contributed by atoms with Crippen molar-refractivity contribution in [1.29, 1.82) is 0 Å². The largest absolute Gasteiger partial charge is 0.392 e. The molecule has 0 aliphatic carbocycles. The molecule has 0 aromatic rings. The fraction of sp³-hybridized carbons (Fsp3) is 0.600. The first kappa shape index (κ1) is 43.6. The van der Waals surface area contributed by atoms with E-state index in [1.165, 1.54) is 95.1 Å². The summed E-state index contributed by atoms with van der Waals surface area (Å²) in [5.74, 6) is 0. The summed E-state index contributed by atoms with van der Waals surface area (Å²) in [7, 11) is 0. The van der Waals surface area contributed by atoms with Gasteiger partial charge in [0.1, 0.15) is 0 Å². The summed E-state index contributed by atoms with van der Waals surface area (Å²) >= 11 is 0. The van der Waals surface area contributed by atoms with Gasteiger partial charge in [-0.05, 0) is 172 Å². The highest BCUT2D eigenvalue weighted by Gasteiger charge is 1.97. The Hall–Kier alpha value is -2.38. The van der Waals surface area contributed by atoms with Gasteiger partial charge in [0.05, 0.1) is 6.61 Å². The van der Waals surface area contributed by atoms with Gasteiger partial charge in [-0.3, -0.25) is 0 Å². The molecule has 0 bridgehead atoms. The molecule has 0 radical (unpaired) electrons. The molecule has 0 atom stereocenters. The highest BCUT2D eigenvalue weighted by molar-refractivity contribution is 5.10. The molecule has 0 heterocycles. The highest BCUT2D eigenvalue weighted by Crippen LogP contribution is 2.17. The van der Waals surface area contributed by atoms with Crippen LogP contribution in [0.3, 0.4) is 0 Å². The number of rotatable bonds is 25. The van der Waals surface area contributed by atoms with Crippen molar-refractivity contribution >= 4 is 0 Å². The summed E-state index contributed by atoms with van der Waals surface area (Å²) in [6.07, 6.45) is 39.7. The normalized spacial score (nSPS) is 14.8. The number of allylic oxidation sites excluding steroid dienone is 17. The third kappa shape index (κ3) is 29.1. The predicted octanol–water partition coefficient (Wildman–Crippen LogP) is 14.8. The lowest BCUT2D eigenvalue weighted by atomic mass is 10.0. The molecule has 0 unspecified atom stereocenters. The van der Waals surface area contributed by atoms with E-state index in [1.807, 2.05) is 6.08 Å². The van der Waals surface area contributed by atoms with E-state index in [9.17, 15) is 0 Å². The van der Waals surface area contributed by atoms with Crippen molar-refractivity contribution in [2.24, 2.45) is 0 Å². The minimum Gasteiger partial charge on any atom is -0.392 e. The van der Waals surface area contributed by atoms with Crippen molar-refractivity contribution in [2.75, 3.05) is 6.61 Å². The second-order valence-electron chi connectivity index (χ2n) is 14.2. The molecule has 0 aromatic carbocycles. The van der Waals surface area contributed by atoms with Gasteiger partial charge in [0, 0.05) is 0 Å². The number of hydrogen-bond acceptors (Lipinski definition) is 1. The summed E-state index contributed by atoms with van der Waals surface area (Å²) in [5, 5.41) is 8.96. The van der Waals surface area contributed by atoms with Crippen LogP contribution < -0.4 is 0 Å². The lowest BCUT2D eigenvalue weighted by Crippen LogP contribution is -1.84.